The van der Waals surface area contributed by atoms with Crippen molar-refractivity contribution in [1.29, 1.82) is 0 Å². The van der Waals surface area contributed by atoms with Crippen LogP contribution in [0.5, 0.6) is 0 Å². The fourth-order valence-corrected chi connectivity index (χ4v) is 1.47. The average molecular weight is 225 g/mol. The summed E-state index contributed by atoms with van der Waals surface area (Å²) in [4.78, 5) is 0. The molecular weight excluding hydrogens is 222 g/mol. The Morgan fingerprint density at radius 2 is 1.67 bits per heavy atom. The first kappa shape index (κ1) is 9.24. The van der Waals surface area contributed by atoms with Crippen LogP contribution in [0, 0.1) is 0 Å². The van der Waals surface area contributed by atoms with E-state index in [1.54, 1.807) is 0 Å². The van der Waals surface area contributed by atoms with Gasteiger partial charge < -0.3 is 0 Å². The molecule has 0 radical (unpaired) electrons. The second kappa shape index (κ2) is 2.47. The topological polar surface area (TPSA) is 43.4 Å². The first-order valence-electron chi connectivity index (χ1n) is 1.68. The summed E-state index contributed by atoms with van der Waals surface area (Å²) in [5.41, 5.74) is -5.26. The second-order valence-corrected chi connectivity index (χ2v) is 4.87. The van der Waals surface area contributed by atoms with E-state index in [0.717, 1.165) is 0 Å². The third-order valence-corrected chi connectivity index (χ3v) is 4.27. The SMILES string of the molecule is O=S(=O)([O][GeH3])C(F)(F)F. The molecule has 9 heavy (non-hydrogen) atoms. The van der Waals surface area contributed by atoms with Crippen LogP contribution in [0.4, 0.5) is 13.2 Å². The normalized spacial score (nSPS) is 14.1. The van der Waals surface area contributed by atoms with E-state index < -0.39 is 32.5 Å². The molecular formula is CH3F3GeO3S. The number of alkyl halides is 3. The predicted octanol–water partition coefficient (Wildman–Crippen LogP) is -0.867. The van der Waals surface area contributed by atoms with Gasteiger partial charge >= 0.3 is 57.3 Å². The fraction of sp³-hybridized carbons (Fsp3) is 1.00. The predicted molar refractivity (Wildman–Crippen MR) is 26.0 cm³/mol. The van der Waals surface area contributed by atoms with Gasteiger partial charge in [-0.1, -0.05) is 0 Å². The Kier molecular flexibility index (Phi) is 2.53. The van der Waals surface area contributed by atoms with Gasteiger partial charge in [0.25, 0.3) is 0 Å². The van der Waals surface area contributed by atoms with Crippen LogP contribution in [-0.2, 0) is 13.3 Å². The van der Waals surface area contributed by atoms with Crippen molar-refractivity contribution in [1.82, 2.24) is 0 Å². The van der Waals surface area contributed by atoms with Gasteiger partial charge in [-0.3, -0.25) is 0 Å². The number of hydrogen-bond acceptors (Lipinski definition) is 3. The Bertz CT molecular complexity index is 180. The molecule has 56 valence electrons. The van der Waals surface area contributed by atoms with Gasteiger partial charge in [0, 0.05) is 0 Å². The first-order valence-corrected chi connectivity index (χ1v) is 4.80. The second-order valence-electron chi connectivity index (χ2n) is 1.07. The van der Waals surface area contributed by atoms with E-state index in [2.05, 4.69) is 3.21 Å². The van der Waals surface area contributed by atoms with Crippen molar-refractivity contribution in [2.75, 3.05) is 0 Å². The van der Waals surface area contributed by atoms with Gasteiger partial charge in [-0.2, -0.15) is 0 Å². The van der Waals surface area contributed by atoms with Crippen molar-refractivity contribution in [3.05, 3.63) is 0 Å². The molecule has 0 saturated carbocycles. The van der Waals surface area contributed by atoms with Crippen LogP contribution in [-0.4, -0.2) is 30.8 Å². The molecule has 0 N–H and O–H groups in total. The van der Waals surface area contributed by atoms with Crippen LogP contribution in [0.25, 0.3) is 0 Å². The Morgan fingerprint density at radius 1 is 1.33 bits per heavy atom. The van der Waals surface area contributed by atoms with Crippen LogP contribution in [0.2, 0.25) is 0 Å². The number of hydrogen-bond donors (Lipinski definition) is 0. The Morgan fingerprint density at radius 3 is 1.67 bits per heavy atom. The minimum absolute atomic E-state index is 0.804. The maximum absolute atomic E-state index is 11.2. The van der Waals surface area contributed by atoms with Crippen LogP contribution in [0.15, 0.2) is 0 Å². The maximum atomic E-state index is 11.2. The molecule has 0 spiro atoms. The summed E-state index contributed by atoms with van der Waals surface area (Å²) < 4.78 is 56.2. The molecule has 0 aromatic carbocycles. The van der Waals surface area contributed by atoms with Gasteiger partial charge in [-0.25, -0.2) is 0 Å². The van der Waals surface area contributed by atoms with E-state index in [-0.39, 0.29) is 0 Å². The van der Waals surface area contributed by atoms with Crippen LogP contribution in [0.3, 0.4) is 0 Å². The van der Waals surface area contributed by atoms with Crippen molar-refractivity contribution in [3.8, 4) is 0 Å². The summed E-state index contributed by atoms with van der Waals surface area (Å²) in [6, 6.07) is 0. The molecule has 0 aliphatic rings. The van der Waals surface area contributed by atoms with E-state index >= 15 is 0 Å². The summed E-state index contributed by atoms with van der Waals surface area (Å²) in [6.07, 6.45) is 0. The van der Waals surface area contributed by atoms with Gasteiger partial charge in [-0.05, 0) is 0 Å². The molecule has 0 aromatic heterocycles. The van der Waals surface area contributed by atoms with Gasteiger partial charge in [-0.15, -0.1) is 0 Å². The van der Waals surface area contributed by atoms with Crippen molar-refractivity contribution in [2.24, 2.45) is 0 Å². The Hall–Kier alpha value is 0.243. The number of rotatable bonds is 1. The third-order valence-electron chi connectivity index (χ3n) is 0.503. The van der Waals surface area contributed by atoms with Crippen LogP contribution < -0.4 is 0 Å². The molecule has 0 aliphatic heterocycles. The summed E-state index contributed by atoms with van der Waals surface area (Å²) >= 11 is -0.804. The van der Waals surface area contributed by atoms with E-state index in [1.807, 2.05) is 0 Å². The van der Waals surface area contributed by atoms with Crippen molar-refractivity contribution in [3.63, 3.8) is 0 Å². The van der Waals surface area contributed by atoms with Crippen LogP contribution in [0.1, 0.15) is 0 Å². The molecule has 0 aliphatic carbocycles. The quantitative estimate of drug-likeness (QED) is 0.430. The zero-order valence-corrected chi connectivity index (χ0v) is 9.28. The molecule has 0 heterocycles. The van der Waals surface area contributed by atoms with Gasteiger partial charge in [0.15, 0.2) is 0 Å². The van der Waals surface area contributed by atoms with Gasteiger partial charge in [0.2, 0.25) is 0 Å². The molecule has 3 nitrogen and oxygen atoms in total. The molecule has 0 aromatic rings. The summed E-state index contributed by atoms with van der Waals surface area (Å²) in [6.45, 7) is 0. The molecule has 0 atom stereocenters. The van der Waals surface area contributed by atoms with E-state index in [4.69, 9.17) is 0 Å². The third kappa shape index (κ3) is 2.14. The summed E-state index contributed by atoms with van der Waals surface area (Å²) in [5, 5.41) is 0. The average Bonchev–Trinajstić information content (AvgIpc) is 1.64. The van der Waals surface area contributed by atoms with Crippen molar-refractivity contribution >= 4 is 27.0 Å². The zero-order chi connectivity index (χ0) is 7.71. The van der Waals surface area contributed by atoms with Gasteiger partial charge in [0.05, 0.1) is 0 Å². The monoisotopic (exact) mass is 226 g/mol. The summed E-state index contributed by atoms with van der Waals surface area (Å²) in [5.74, 6) is 0. The molecule has 0 amide bonds. The zero-order valence-electron chi connectivity index (χ0n) is 4.27. The van der Waals surface area contributed by atoms with E-state index in [0.29, 0.717) is 0 Å². The van der Waals surface area contributed by atoms with Crippen molar-refractivity contribution < 1.29 is 24.8 Å². The molecule has 0 bridgehead atoms. The van der Waals surface area contributed by atoms with Crippen molar-refractivity contribution in [2.45, 2.75) is 5.51 Å². The minimum atomic E-state index is -5.26. The number of halogens is 3. The Labute approximate surface area is 57.9 Å². The first-order chi connectivity index (χ1) is 3.81. The standard InChI is InChI=1S/CH3F3GeO3S/c2-1(3,4)9(6,7)8-5/h5H3. The molecule has 0 unspecified atom stereocenters. The molecule has 0 rings (SSSR count). The summed E-state index contributed by atoms with van der Waals surface area (Å²) in [7, 11) is -5.25. The fourth-order valence-electron chi connectivity index (χ4n) is 0.0945. The molecule has 0 saturated heterocycles. The van der Waals surface area contributed by atoms with Crippen LogP contribution >= 0.6 is 0 Å². The molecule has 0 fully saturated rings. The Balaban J connectivity index is 4.57. The molecule has 8 heteroatoms. The van der Waals surface area contributed by atoms with E-state index in [9.17, 15) is 21.6 Å². The van der Waals surface area contributed by atoms with Gasteiger partial charge in [0.1, 0.15) is 0 Å². The van der Waals surface area contributed by atoms with E-state index in [1.165, 1.54) is 0 Å².